The van der Waals surface area contributed by atoms with Crippen LogP contribution in [0.15, 0.2) is 18.2 Å². The zero-order valence-electron chi connectivity index (χ0n) is 13.0. The molecule has 0 aliphatic carbocycles. The summed E-state index contributed by atoms with van der Waals surface area (Å²) in [5.74, 6) is 4.78. The molecule has 0 radical (unpaired) electrons. The molecule has 3 heteroatoms. The van der Waals surface area contributed by atoms with E-state index in [2.05, 4.69) is 51.5 Å². The van der Waals surface area contributed by atoms with E-state index in [1.165, 1.54) is 6.07 Å². The molecule has 0 aliphatic rings. The van der Waals surface area contributed by atoms with Crippen LogP contribution in [0.4, 0.5) is 4.39 Å². The van der Waals surface area contributed by atoms with E-state index in [9.17, 15) is 4.39 Å². The first kappa shape index (κ1) is 16.7. The predicted octanol–water partition coefficient (Wildman–Crippen LogP) is 3.04. The van der Waals surface area contributed by atoms with E-state index in [0.717, 1.165) is 12.1 Å². The zero-order valence-corrected chi connectivity index (χ0v) is 13.0. The van der Waals surface area contributed by atoms with E-state index < -0.39 is 0 Å². The lowest BCUT2D eigenvalue weighted by Gasteiger charge is -2.35. The third kappa shape index (κ3) is 4.63. The fourth-order valence-electron chi connectivity index (χ4n) is 1.99. The summed E-state index contributed by atoms with van der Waals surface area (Å²) in [5.41, 5.74) is 1.55. The number of benzene rings is 1. The largest absolute Gasteiger partial charge is 0.384 e. The van der Waals surface area contributed by atoms with Crippen LogP contribution in [0.25, 0.3) is 0 Å². The molecule has 1 atom stereocenters. The van der Waals surface area contributed by atoms with Crippen molar-refractivity contribution >= 4 is 0 Å². The van der Waals surface area contributed by atoms with Crippen molar-refractivity contribution in [3.8, 4) is 11.8 Å². The van der Waals surface area contributed by atoms with Gasteiger partial charge in [-0.05, 0) is 37.1 Å². The third-order valence-electron chi connectivity index (χ3n) is 3.68. The van der Waals surface area contributed by atoms with E-state index in [1.807, 2.05) is 0 Å². The van der Waals surface area contributed by atoms with Crippen molar-refractivity contribution in [2.24, 2.45) is 5.41 Å². The molecule has 1 aromatic carbocycles. The summed E-state index contributed by atoms with van der Waals surface area (Å²) in [6, 6.07) is 5.38. The van der Waals surface area contributed by atoms with Crippen molar-refractivity contribution in [2.75, 3.05) is 13.7 Å². The van der Waals surface area contributed by atoms with Gasteiger partial charge in [-0.25, -0.2) is 4.39 Å². The standard InChI is InChI=1S/C17H24FNO/c1-13(17(2,3)4)19(5)12-14-8-9-16(18)15(11-14)7-6-10-20/h8-9,11,13,20H,10,12H2,1-5H3. The molecule has 20 heavy (non-hydrogen) atoms. The van der Waals surface area contributed by atoms with Gasteiger partial charge in [-0.15, -0.1) is 0 Å². The highest BCUT2D eigenvalue weighted by Gasteiger charge is 2.23. The van der Waals surface area contributed by atoms with Gasteiger partial charge in [0, 0.05) is 12.6 Å². The molecule has 0 fully saturated rings. The molecule has 0 heterocycles. The monoisotopic (exact) mass is 277 g/mol. The van der Waals surface area contributed by atoms with E-state index in [4.69, 9.17) is 5.11 Å². The Morgan fingerprint density at radius 3 is 2.55 bits per heavy atom. The first-order valence-electron chi connectivity index (χ1n) is 6.84. The van der Waals surface area contributed by atoms with Crippen molar-refractivity contribution in [3.63, 3.8) is 0 Å². The van der Waals surface area contributed by atoms with Crippen molar-refractivity contribution in [1.82, 2.24) is 4.90 Å². The van der Waals surface area contributed by atoms with Crippen LogP contribution in [-0.4, -0.2) is 29.7 Å². The second-order valence-electron chi connectivity index (χ2n) is 6.23. The summed E-state index contributed by atoms with van der Waals surface area (Å²) in [6.07, 6.45) is 0. The minimum atomic E-state index is -0.346. The van der Waals surface area contributed by atoms with Crippen LogP contribution in [0.3, 0.4) is 0 Å². The molecule has 1 aromatic rings. The summed E-state index contributed by atoms with van der Waals surface area (Å²) < 4.78 is 13.6. The van der Waals surface area contributed by atoms with Crippen LogP contribution < -0.4 is 0 Å². The Balaban J connectivity index is 2.88. The van der Waals surface area contributed by atoms with E-state index in [1.54, 1.807) is 12.1 Å². The molecule has 2 nitrogen and oxygen atoms in total. The number of nitrogens with zero attached hydrogens (tertiary/aromatic N) is 1. The normalized spacial score (nSPS) is 13.0. The molecule has 0 saturated heterocycles. The predicted molar refractivity (Wildman–Crippen MR) is 80.7 cm³/mol. The van der Waals surface area contributed by atoms with Gasteiger partial charge in [0.1, 0.15) is 12.4 Å². The smallest absolute Gasteiger partial charge is 0.138 e. The van der Waals surface area contributed by atoms with Crippen molar-refractivity contribution in [2.45, 2.75) is 40.3 Å². The highest BCUT2D eigenvalue weighted by atomic mass is 19.1. The summed E-state index contributed by atoms with van der Waals surface area (Å²) >= 11 is 0. The van der Waals surface area contributed by atoms with Gasteiger partial charge in [0.2, 0.25) is 0 Å². The molecule has 0 amide bonds. The molecule has 1 N–H and O–H groups in total. The lowest BCUT2D eigenvalue weighted by atomic mass is 9.87. The second kappa shape index (κ2) is 6.88. The van der Waals surface area contributed by atoms with Gasteiger partial charge in [-0.1, -0.05) is 38.7 Å². The minimum Gasteiger partial charge on any atom is -0.384 e. The molecule has 0 bridgehead atoms. The van der Waals surface area contributed by atoms with Gasteiger partial charge in [-0.2, -0.15) is 0 Å². The van der Waals surface area contributed by atoms with Crippen LogP contribution in [0.2, 0.25) is 0 Å². The molecule has 1 unspecified atom stereocenters. The number of rotatable bonds is 3. The lowest BCUT2D eigenvalue weighted by Crippen LogP contribution is -2.38. The maximum absolute atomic E-state index is 13.6. The SMILES string of the molecule is CC(N(C)Cc1ccc(F)c(C#CCO)c1)C(C)(C)C. The molecule has 0 aliphatic heterocycles. The first-order valence-corrected chi connectivity index (χ1v) is 6.84. The maximum Gasteiger partial charge on any atom is 0.138 e. The minimum absolute atomic E-state index is 0.189. The Hall–Kier alpha value is -1.37. The van der Waals surface area contributed by atoms with Gasteiger partial charge >= 0.3 is 0 Å². The number of aliphatic hydroxyl groups excluding tert-OH is 1. The average Bonchev–Trinajstić information content (AvgIpc) is 2.37. The van der Waals surface area contributed by atoms with Crippen LogP contribution in [-0.2, 0) is 6.54 Å². The van der Waals surface area contributed by atoms with Gasteiger partial charge in [0.15, 0.2) is 0 Å². The maximum atomic E-state index is 13.6. The molecule has 0 spiro atoms. The highest BCUT2D eigenvalue weighted by molar-refractivity contribution is 5.38. The van der Waals surface area contributed by atoms with Gasteiger partial charge in [0.05, 0.1) is 5.56 Å². The Labute approximate surface area is 121 Å². The number of hydrogen-bond donors (Lipinski definition) is 1. The average molecular weight is 277 g/mol. The fraction of sp³-hybridized carbons (Fsp3) is 0.529. The van der Waals surface area contributed by atoms with Gasteiger partial charge < -0.3 is 5.11 Å². The van der Waals surface area contributed by atoms with E-state index in [-0.39, 0.29) is 17.8 Å². The summed E-state index contributed by atoms with van der Waals surface area (Å²) in [5, 5.41) is 8.69. The third-order valence-corrected chi connectivity index (χ3v) is 3.68. The molecule has 110 valence electrons. The van der Waals surface area contributed by atoms with Gasteiger partial charge in [-0.3, -0.25) is 4.90 Å². The lowest BCUT2D eigenvalue weighted by molar-refractivity contribution is 0.134. The fourth-order valence-corrected chi connectivity index (χ4v) is 1.99. The molecule has 0 aromatic heterocycles. The number of hydrogen-bond acceptors (Lipinski definition) is 2. The number of halogens is 1. The van der Waals surface area contributed by atoms with Crippen LogP contribution in [0, 0.1) is 23.1 Å². The van der Waals surface area contributed by atoms with Crippen LogP contribution in [0.1, 0.15) is 38.8 Å². The quantitative estimate of drug-likeness (QED) is 0.858. The molecular formula is C17H24FNO. The zero-order chi connectivity index (χ0) is 15.3. The Kier molecular flexibility index (Phi) is 5.74. The molecule has 0 saturated carbocycles. The second-order valence-corrected chi connectivity index (χ2v) is 6.23. The van der Waals surface area contributed by atoms with Crippen molar-refractivity contribution in [3.05, 3.63) is 35.1 Å². The van der Waals surface area contributed by atoms with Gasteiger partial charge in [0.25, 0.3) is 0 Å². The van der Waals surface area contributed by atoms with Crippen molar-refractivity contribution < 1.29 is 9.50 Å². The van der Waals surface area contributed by atoms with E-state index >= 15 is 0 Å². The highest BCUT2D eigenvalue weighted by Crippen LogP contribution is 2.24. The first-order chi connectivity index (χ1) is 9.25. The van der Waals surface area contributed by atoms with Crippen molar-refractivity contribution in [1.29, 1.82) is 0 Å². The topological polar surface area (TPSA) is 23.5 Å². The van der Waals surface area contributed by atoms with Crippen LogP contribution >= 0.6 is 0 Å². The van der Waals surface area contributed by atoms with Crippen LogP contribution in [0.5, 0.6) is 0 Å². The van der Waals surface area contributed by atoms with E-state index in [0.29, 0.717) is 11.6 Å². The Bertz CT molecular complexity index is 508. The molecule has 1 rings (SSSR count). The Morgan fingerprint density at radius 2 is 2.00 bits per heavy atom. The summed E-state index contributed by atoms with van der Waals surface area (Å²) in [4.78, 5) is 2.25. The summed E-state index contributed by atoms with van der Waals surface area (Å²) in [7, 11) is 2.07. The Morgan fingerprint density at radius 1 is 1.35 bits per heavy atom. The summed E-state index contributed by atoms with van der Waals surface area (Å²) in [6.45, 7) is 9.29. The number of aliphatic hydroxyl groups is 1. The molecular weight excluding hydrogens is 253 g/mol.